The summed E-state index contributed by atoms with van der Waals surface area (Å²) < 4.78 is 16.5. The third-order valence-electron chi connectivity index (χ3n) is 2.45. The lowest BCUT2D eigenvalue weighted by molar-refractivity contribution is -0.130. The molecular weight excluding hydrogens is 278 g/mol. The molecule has 0 saturated carbocycles. The lowest BCUT2D eigenvalue weighted by Crippen LogP contribution is -2.24. The Kier molecular flexibility index (Phi) is 8.62. The summed E-state index contributed by atoms with van der Waals surface area (Å²) in [4.78, 5) is 25.3. The Hall–Kier alpha value is -2.09. The second-order valence-corrected chi connectivity index (χ2v) is 4.17. The zero-order valence-corrected chi connectivity index (χ0v) is 12.1. The SMILES string of the molecule is CCCOC(=O)NCc1cn(CCOCCOC=O)cn1. The number of carbonyl (C=O) groups excluding carboxylic acids is 2. The van der Waals surface area contributed by atoms with Gasteiger partial charge in [0.1, 0.15) is 6.61 Å². The summed E-state index contributed by atoms with van der Waals surface area (Å²) in [7, 11) is 0. The van der Waals surface area contributed by atoms with Crippen LogP contribution in [0.5, 0.6) is 0 Å². The summed E-state index contributed by atoms with van der Waals surface area (Å²) in [5.41, 5.74) is 0.743. The number of aromatic nitrogens is 2. The van der Waals surface area contributed by atoms with Crippen molar-refractivity contribution in [3.63, 3.8) is 0 Å². The Bertz CT molecular complexity index is 422. The highest BCUT2D eigenvalue weighted by Crippen LogP contribution is 1.97. The Morgan fingerprint density at radius 1 is 1.38 bits per heavy atom. The number of alkyl carbamates (subject to hydrolysis) is 1. The first-order valence-corrected chi connectivity index (χ1v) is 6.80. The van der Waals surface area contributed by atoms with Crippen molar-refractivity contribution >= 4 is 12.6 Å². The molecule has 0 aliphatic heterocycles. The van der Waals surface area contributed by atoms with Crippen molar-refractivity contribution in [1.82, 2.24) is 14.9 Å². The summed E-state index contributed by atoms with van der Waals surface area (Å²) in [6, 6.07) is 0. The van der Waals surface area contributed by atoms with Gasteiger partial charge in [0.25, 0.3) is 6.47 Å². The first-order chi connectivity index (χ1) is 10.3. The number of imidazole rings is 1. The van der Waals surface area contributed by atoms with Crippen LogP contribution in [0.2, 0.25) is 0 Å². The van der Waals surface area contributed by atoms with E-state index in [2.05, 4.69) is 15.0 Å². The normalized spacial score (nSPS) is 10.1. The summed E-state index contributed by atoms with van der Waals surface area (Å²) in [5.74, 6) is 0. The van der Waals surface area contributed by atoms with Gasteiger partial charge in [-0.15, -0.1) is 0 Å². The van der Waals surface area contributed by atoms with Crippen LogP contribution in [0.4, 0.5) is 4.79 Å². The third-order valence-corrected chi connectivity index (χ3v) is 2.45. The van der Waals surface area contributed by atoms with E-state index in [1.807, 2.05) is 17.7 Å². The minimum Gasteiger partial charge on any atom is -0.465 e. The van der Waals surface area contributed by atoms with Crippen molar-refractivity contribution in [2.24, 2.45) is 0 Å². The lowest BCUT2D eigenvalue weighted by Gasteiger charge is -2.04. The highest BCUT2D eigenvalue weighted by molar-refractivity contribution is 5.66. The smallest absolute Gasteiger partial charge is 0.407 e. The minimum absolute atomic E-state index is 0.252. The molecule has 1 aromatic rings. The molecule has 0 unspecified atom stereocenters. The van der Waals surface area contributed by atoms with E-state index in [4.69, 9.17) is 9.47 Å². The number of nitrogens with zero attached hydrogens (tertiary/aromatic N) is 2. The van der Waals surface area contributed by atoms with Crippen LogP contribution in [0.3, 0.4) is 0 Å². The average Bonchev–Trinajstić information content (AvgIpc) is 2.94. The van der Waals surface area contributed by atoms with Crippen LogP contribution in [0.25, 0.3) is 0 Å². The minimum atomic E-state index is -0.440. The van der Waals surface area contributed by atoms with E-state index in [1.54, 1.807) is 6.33 Å². The lowest BCUT2D eigenvalue weighted by atomic mass is 10.5. The molecule has 8 nitrogen and oxygen atoms in total. The summed E-state index contributed by atoms with van der Waals surface area (Å²) in [6.45, 7) is 4.80. The van der Waals surface area contributed by atoms with Crippen LogP contribution in [0, 0.1) is 0 Å². The highest BCUT2D eigenvalue weighted by Gasteiger charge is 2.03. The Labute approximate surface area is 123 Å². The van der Waals surface area contributed by atoms with Gasteiger partial charge < -0.3 is 24.1 Å². The van der Waals surface area contributed by atoms with Crippen LogP contribution in [-0.2, 0) is 32.1 Å². The van der Waals surface area contributed by atoms with E-state index in [9.17, 15) is 9.59 Å². The standard InChI is InChI=1S/C13H21N3O5/c1-2-4-21-13(18)14-8-12-9-16(10-15-12)3-5-19-6-7-20-11-17/h9-11H,2-8H2,1H3,(H,14,18). The van der Waals surface area contributed by atoms with Crippen LogP contribution in [0.1, 0.15) is 19.0 Å². The molecule has 0 atom stereocenters. The van der Waals surface area contributed by atoms with Gasteiger partial charge in [0.15, 0.2) is 0 Å². The molecule has 21 heavy (non-hydrogen) atoms. The molecule has 0 saturated heterocycles. The monoisotopic (exact) mass is 299 g/mol. The molecule has 0 aromatic carbocycles. The maximum atomic E-state index is 11.3. The molecule has 0 spiro atoms. The van der Waals surface area contributed by atoms with Crippen LogP contribution in [-0.4, -0.2) is 48.5 Å². The number of amides is 1. The predicted octanol–water partition coefficient (Wildman–Crippen LogP) is 0.709. The zero-order chi connectivity index (χ0) is 15.3. The summed E-state index contributed by atoms with van der Waals surface area (Å²) in [6.07, 6.45) is 3.84. The van der Waals surface area contributed by atoms with Gasteiger partial charge in [-0.05, 0) is 6.42 Å². The molecule has 1 aromatic heterocycles. The molecule has 0 bridgehead atoms. The van der Waals surface area contributed by atoms with Gasteiger partial charge in [-0.25, -0.2) is 9.78 Å². The second kappa shape index (κ2) is 10.7. The van der Waals surface area contributed by atoms with Crippen molar-refractivity contribution in [1.29, 1.82) is 0 Å². The van der Waals surface area contributed by atoms with E-state index >= 15 is 0 Å². The fraction of sp³-hybridized carbons (Fsp3) is 0.615. The maximum Gasteiger partial charge on any atom is 0.407 e. The van der Waals surface area contributed by atoms with Gasteiger partial charge >= 0.3 is 6.09 Å². The van der Waals surface area contributed by atoms with E-state index in [-0.39, 0.29) is 6.61 Å². The number of nitrogens with one attached hydrogen (secondary N) is 1. The number of ether oxygens (including phenoxy) is 3. The zero-order valence-electron chi connectivity index (χ0n) is 12.1. The number of carbonyl (C=O) groups is 2. The molecule has 1 amide bonds. The van der Waals surface area contributed by atoms with E-state index in [0.29, 0.717) is 39.4 Å². The predicted molar refractivity (Wildman–Crippen MR) is 73.5 cm³/mol. The molecule has 1 rings (SSSR count). The molecule has 0 radical (unpaired) electrons. The second-order valence-electron chi connectivity index (χ2n) is 4.17. The van der Waals surface area contributed by atoms with E-state index < -0.39 is 6.09 Å². The Morgan fingerprint density at radius 3 is 3.00 bits per heavy atom. The van der Waals surface area contributed by atoms with Gasteiger partial charge in [-0.2, -0.15) is 0 Å². The van der Waals surface area contributed by atoms with Crippen molar-refractivity contribution in [2.45, 2.75) is 26.4 Å². The van der Waals surface area contributed by atoms with Gasteiger partial charge in [0.2, 0.25) is 0 Å². The molecule has 8 heteroatoms. The summed E-state index contributed by atoms with van der Waals surface area (Å²) in [5, 5.41) is 2.62. The van der Waals surface area contributed by atoms with Gasteiger partial charge in [0.05, 0.1) is 38.4 Å². The molecule has 0 aliphatic carbocycles. The number of hydrogen-bond donors (Lipinski definition) is 1. The van der Waals surface area contributed by atoms with Crippen molar-refractivity contribution in [3.05, 3.63) is 18.2 Å². The fourth-order valence-electron chi connectivity index (χ4n) is 1.46. The topological polar surface area (TPSA) is 91.7 Å². The molecular formula is C13H21N3O5. The van der Waals surface area contributed by atoms with Crippen LogP contribution < -0.4 is 5.32 Å². The van der Waals surface area contributed by atoms with Crippen molar-refractivity contribution in [2.75, 3.05) is 26.4 Å². The molecule has 1 heterocycles. The Morgan fingerprint density at radius 2 is 2.24 bits per heavy atom. The number of hydrogen-bond acceptors (Lipinski definition) is 6. The van der Waals surface area contributed by atoms with E-state index in [1.165, 1.54) is 0 Å². The first-order valence-electron chi connectivity index (χ1n) is 6.80. The molecule has 118 valence electrons. The number of rotatable bonds is 11. The van der Waals surface area contributed by atoms with Gasteiger partial charge in [0, 0.05) is 12.7 Å². The molecule has 0 aliphatic rings. The largest absolute Gasteiger partial charge is 0.465 e. The molecule has 1 N–H and O–H groups in total. The highest BCUT2D eigenvalue weighted by atomic mass is 16.6. The fourth-order valence-corrected chi connectivity index (χ4v) is 1.46. The summed E-state index contributed by atoms with van der Waals surface area (Å²) >= 11 is 0. The quantitative estimate of drug-likeness (QED) is 0.478. The maximum absolute atomic E-state index is 11.3. The van der Waals surface area contributed by atoms with Gasteiger partial charge in [-0.3, -0.25) is 4.79 Å². The third kappa shape index (κ3) is 7.93. The van der Waals surface area contributed by atoms with Gasteiger partial charge in [-0.1, -0.05) is 6.92 Å². The van der Waals surface area contributed by atoms with Crippen molar-refractivity contribution < 1.29 is 23.8 Å². The van der Waals surface area contributed by atoms with E-state index in [0.717, 1.165) is 12.1 Å². The average molecular weight is 299 g/mol. The first kappa shape index (κ1) is 17.0. The van der Waals surface area contributed by atoms with Crippen LogP contribution in [0.15, 0.2) is 12.5 Å². The molecule has 0 fully saturated rings. The van der Waals surface area contributed by atoms with Crippen molar-refractivity contribution in [3.8, 4) is 0 Å². The van der Waals surface area contributed by atoms with Crippen LogP contribution >= 0.6 is 0 Å². The Balaban J connectivity index is 2.14.